The van der Waals surface area contributed by atoms with Crippen LogP contribution < -0.4 is 0 Å². The Morgan fingerprint density at radius 2 is 1.60 bits per heavy atom. The molecule has 0 rings (SSSR count). The van der Waals surface area contributed by atoms with Gasteiger partial charge in [0.1, 0.15) is 0 Å². The van der Waals surface area contributed by atoms with E-state index in [2.05, 4.69) is 6.58 Å². The number of allylic oxidation sites excluding steroid dienone is 1. The highest BCUT2D eigenvalue weighted by molar-refractivity contribution is 5.00. The molecule has 64 valence electrons. The molecule has 0 spiro atoms. The Bertz CT molecular complexity index is 91.5. The molecule has 0 aliphatic rings. The summed E-state index contributed by atoms with van der Waals surface area (Å²) in [6, 6.07) is 0. The second-order valence-electron chi connectivity index (χ2n) is 1.45. The van der Waals surface area contributed by atoms with E-state index in [9.17, 15) is 13.2 Å². The van der Waals surface area contributed by atoms with Gasteiger partial charge in [0.25, 0.3) is 0 Å². The molecule has 0 bridgehead atoms. The third-order valence-corrected chi connectivity index (χ3v) is 0.828. The molecule has 0 heterocycles. The van der Waals surface area contributed by atoms with Crippen molar-refractivity contribution < 1.29 is 13.2 Å². The molecule has 0 radical (unpaired) electrons. The average Bonchev–Trinajstić information content (AvgIpc) is 1.62. The highest BCUT2D eigenvalue weighted by atomic mass is 19.4. The second-order valence-corrected chi connectivity index (χ2v) is 1.45. The first-order valence-corrected chi connectivity index (χ1v) is 2.23. The maximum absolute atomic E-state index is 11.3. The van der Waals surface area contributed by atoms with Gasteiger partial charge in [-0.15, -0.1) is 0 Å². The first-order chi connectivity index (χ1) is 3.48. The molecule has 0 fully saturated rings. The number of alkyl halides is 3. The lowest BCUT2D eigenvalue weighted by molar-refractivity contribution is -0.0931. The SMILES string of the molecule is C.C.C=C(CC)C(F)(F)F. The molecule has 0 aromatic carbocycles. The topological polar surface area (TPSA) is 0 Å². The van der Waals surface area contributed by atoms with E-state index in [0.717, 1.165) is 0 Å². The van der Waals surface area contributed by atoms with Crippen molar-refractivity contribution in [3.63, 3.8) is 0 Å². The van der Waals surface area contributed by atoms with Crippen LogP contribution in [0, 0.1) is 0 Å². The van der Waals surface area contributed by atoms with E-state index in [4.69, 9.17) is 0 Å². The molecule has 10 heavy (non-hydrogen) atoms. The van der Waals surface area contributed by atoms with Gasteiger partial charge >= 0.3 is 6.18 Å². The van der Waals surface area contributed by atoms with Crippen LogP contribution in [0.15, 0.2) is 12.2 Å². The summed E-state index contributed by atoms with van der Waals surface area (Å²) in [4.78, 5) is 0. The zero-order chi connectivity index (χ0) is 6.78. The van der Waals surface area contributed by atoms with Crippen molar-refractivity contribution in [3.8, 4) is 0 Å². The van der Waals surface area contributed by atoms with Crippen LogP contribution in [0.5, 0.6) is 0 Å². The molecule has 0 aliphatic heterocycles. The van der Waals surface area contributed by atoms with Crippen molar-refractivity contribution in [1.29, 1.82) is 0 Å². The fraction of sp³-hybridized carbons (Fsp3) is 0.714. The number of halogens is 3. The van der Waals surface area contributed by atoms with Crippen LogP contribution in [0.2, 0.25) is 0 Å². The minimum Gasteiger partial charge on any atom is -0.167 e. The van der Waals surface area contributed by atoms with Gasteiger partial charge in [-0.1, -0.05) is 28.4 Å². The van der Waals surface area contributed by atoms with E-state index in [1.165, 1.54) is 6.92 Å². The van der Waals surface area contributed by atoms with Crippen LogP contribution in [0.4, 0.5) is 13.2 Å². The van der Waals surface area contributed by atoms with Gasteiger partial charge in [0.15, 0.2) is 0 Å². The van der Waals surface area contributed by atoms with Crippen LogP contribution >= 0.6 is 0 Å². The summed E-state index contributed by atoms with van der Waals surface area (Å²) in [6.07, 6.45) is -4.21. The van der Waals surface area contributed by atoms with Gasteiger partial charge in [-0.05, 0) is 6.42 Å². The van der Waals surface area contributed by atoms with Gasteiger partial charge < -0.3 is 0 Å². The van der Waals surface area contributed by atoms with E-state index in [1.54, 1.807) is 0 Å². The Kier molecular flexibility index (Phi) is 8.66. The van der Waals surface area contributed by atoms with Crippen molar-refractivity contribution in [2.75, 3.05) is 0 Å². The maximum Gasteiger partial charge on any atom is 0.412 e. The molecule has 0 amide bonds. The second kappa shape index (κ2) is 5.33. The number of hydrogen-bond donors (Lipinski definition) is 0. The quantitative estimate of drug-likeness (QED) is 0.507. The Balaban J connectivity index is -0.000000245. The van der Waals surface area contributed by atoms with Crippen LogP contribution in [0.25, 0.3) is 0 Å². The van der Waals surface area contributed by atoms with Crippen LogP contribution in [0.1, 0.15) is 28.2 Å². The summed E-state index contributed by atoms with van der Waals surface area (Å²) in [5, 5.41) is 0. The lowest BCUT2D eigenvalue weighted by Crippen LogP contribution is -2.09. The third kappa shape index (κ3) is 5.66. The highest BCUT2D eigenvalue weighted by Gasteiger charge is 2.29. The zero-order valence-electron chi connectivity index (χ0n) is 4.55. The number of rotatable bonds is 1. The summed E-state index contributed by atoms with van der Waals surface area (Å²) in [5.74, 6) is 0. The fourth-order valence-electron chi connectivity index (χ4n) is 0.200. The fourth-order valence-corrected chi connectivity index (χ4v) is 0.200. The Labute approximate surface area is 60.7 Å². The minimum atomic E-state index is -4.19. The molecule has 0 unspecified atom stereocenters. The molecule has 0 aliphatic carbocycles. The van der Waals surface area contributed by atoms with Gasteiger partial charge in [0.05, 0.1) is 0 Å². The van der Waals surface area contributed by atoms with Crippen LogP contribution in [-0.4, -0.2) is 6.18 Å². The Hall–Kier alpha value is -0.470. The minimum absolute atomic E-state index is 0. The van der Waals surface area contributed by atoms with E-state index in [1.807, 2.05) is 0 Å². The zero-order valence-corrected chi connectivity index (χ0v) is 4.55. The van der Waals surface area contributed by atoms with E-state index < -0.39 is 11.7 Å². The summed E-state index contributed by atoms with van der Waals surface area (Å²) >= 11 is 0. The van der Waals surface area contributed by atoms with Gasteiger partial charge in [-0.3, -0.25) is 0 Å². The van der Waals surface area contributed by atoms with Gasteiger partial charge in [-0.25, -0.2) is 0 Å². The first kappa shape index (κ1) is 16.3. The molecule has 0 saturated carbocycles. The van der Waals surface area contributed by atoms with Crippen molar-refractivity contribution in [2.24, 2.45) is 0 Å². The smallest absolute Gasteiger partial charge is 0.167 e. The predicted molar refractivity (Wildman–Crippen MR) is 38.9 cm³/mol. The molecular weight excluding hydrogens is 141 g/mol. The number of hydrogen-bond acceptors (Lipinski definition) is 0. The van der Waals surface area contributed by atoms with E-state index >= 15 is 0 Å². The highest BCUT2D eigenvalue weighted by Crippen LogP contribution is 2.25. The largest absolute Gasteiger partial charge is 0.412 e. The average molecular weight is 156 g/mol. The van der Waals surface area contributed by atoms with Crippen LogP contribution in [0.3, 0.4) is 0 Å². The lowest BCUT2D eigenvalue weighted by Gasteiger charge is -2.05. The molecule has 0 aromatic heterocycles. The molecule has 0 saturated heterocycles. The Morgan fingerprint density at radius 3 is 1.60 bits per heavy atom. The lowest BCUT2D eigenvalue weighted by atomic mass is 10.2. The molecule has 0 nitrogen and oxygen atoms in total. The van der Waals surface area contributed by atoms with Gasteiger partial charge in [0, 0.05) is 5.57 Å². The molecular formula is C7H15F3. The van der Waals surface area contributed by atoms with Crippen molar-refractivity contribution in [2.45, 2.75) is 34.4 Å². The summed E-state index contributed by atoms with van der Waals surface area (Å²) < 4.78 is 34.0. The summed E-state index contributed by atoms with van der Waals surface area (Å²) in [7, 11) is 0. The monoisotopic (exact) mass is 156 g/mol. The standard InChI is InChI=1S/C5H7F3.2CH4/c1-3-4(2)5(6,7)8;;/h2-3H2,1H3;2*1H4. The van der Waals surface area contributed by atoms with Crippen molar-refractivity contribution in [1.82, 2.24) is 0 Å². The van der Waals surface area contributed by atoms with E-state index in [0.29, 0.717) is 0 Å². The molecule has 0 aromatic rings. The third-order valence-electron chi connectivity index (χ3n) is 0.828. The van der Waals surface area contributed by atoms with Crippen molar-refractivity contribution >= 4 is 0 Å². The summed E-state index contributed by atoms with van der Waals surface area (Å²) in [6.45, 7) is 4.25. The predicted octanol–water partition coefficient (Wildman–Crippen LogP) is 3.79. The normalized spacial score (nSPS) is 9.20. The first-order valence-electron chi connectivity index (χ1n) is 2.23. The van der Waals surface area contributed by atoms with E-state index in [-0.39, 0.29) is 21.3 Å². The van der Waals surface area contributed by atoms with Gasteiger partial charge in [-0.2, -0.15) is 13.2 Å². The Morgan fingerprint density at radius 1 is 1.30 bits per heavy atom. The summed E-state index contributed by atoms with van der Waals surface area (Å²) in [5.41, 5.74) is -0.669. The molecule has 0 N–H and O–H groups in total. The van der Waals surface area contributed by atoms with Gasteiger partial charge in [0.2, 0.25) is 0 Å². The molecule has 3 heteroatoms. The molecule has 0 atom stereocenters. The van der Waals surface area contributed by atoms with Crippen molar-refractivity contribution in [3.05, 3.63) is 12.2 Å². The van der Waals surface area contributed by atoms with Crippen LogP contribution in [-0.2, 0) is 0 Å². The maximum atomic E-state index is 11.3.